The molecule has 0 N–H and O–H groups in total. The van der Waals surface area contributed by atoms with Gasteiger partial charge in [0, 0.05) is 32.0 Å². The average molecular weight is 479 g/mol. The van der Waals surface area contributed by atoms with Gasteiger partial charge in [0.2, 0.25) is 0 Å². The van der Waals surface area contributed by atoms with E-state index < -0.39 is 0 Å². The summed E-state index contributed by atoms with van der Waals surface area (Å²) in [6.07, 6.45) is 2.73. The van der Waals surface area contributed by atoms with Gasteiger partial charge in [-0.1, -0.05) is 58.9 Å². The first kappa shape index (κ1) is 22.2. The molecule has 0 bridgehead atoms. The van der Waals surface area contributed by atoms with Gasteiger partial charge < -0.3 is 4.42 Å². The topological polar surface area (TPSA) is 38.9 Å². The van der Waals surface area contributed by atoms with Crippen molar-refractivity contribution >= 4 is 53.4 Å². The molecule has 0 fully saturated rings. The fraction of sp³-hybridized carbons (Fsp3) is 0.290. The number of aromatic nitrogens is 2. The fourth-order valence-corrected chi connectivity index (χ4v) is 6.38. The van der Waals surface area contributed by atoms with Gasteiger partial charge in [-0.15, -0.1) is 11.3 Å². The summed E-state index contributed by atoms with van der Waals surface area (Å²) in [5, 5.41) is 6.05. The van der Waals surface area contributed by atoms with Gasteiger partial charge in [0.1, 0.15) is 22.5 Å². The first-order valence-corrected chi connectivity index (χ1v) is 13.1. The maximum atomic E-state index is 6.26. The van der Waals surface area contributed by atoms with Crippen LogP contribution in [0.1, 0.15) is 51.5 Å². The number of thiophene rings is 1. The predicted octanol–water partition coefficient (Wildman–Crippen LogP) is 9.22. The summed E-state index contributed by atoms with van der Waals surface area (Å²) in [6, 6.07) is 17.8. The minimum Gasteiger partial charge on any atom is -0.461 e. The zero-order chi connectivity index (χ0) is 24.5. The number of furan rings is 1. The summed E-state index contributed by atoms with van der Waals surface area (Å²) in [4.78, 5) is 10.5. The Kier molecular flexibility index (Phi) is 5.01. The second-order valence-corrected chi connectivity index (χ2v) is 12.1. The lowest BCUT2D eigenvalue weighted by Crippen LogP contribution is -2.12. The van der Waals surface area contributed by atoms with Crippen LogP contribution in [0.3, 0.4) is 0 Å². The van der Waals surface area contributed by atoms with Crippen molar-refractivity contribution < 1.29 is 4.42 Å². The fourth-order valence-electron chi connectivity index (χ4n) is 5.32. The quantitative estimate of drug-likeness (QED) is 0.254. The lowest BCUT2D eigenvalue weighted by Gasteiger charge is -2.22. The van der Waals surface area contributed by atoms with Crippen LogP contribution in [-0.4, -0.2) is 9.97 Å². The van der Waals surface area contributed by atoms with Gasteiger partial charge in [0.15, 0.2) is 0 Å². The molecule has 3 aromatic heterocycles. The minimum absolute atomic E-state index is 0.0170. The Morgan fingerprint density at radius 3 is 2.51 bits per heavy atom. The molecule has 0 saturated carbocycles. The highest BCUT2D eigenvalue weighted by Crippen LogP contribution is 2.43. The molecule has 0 aliphatic carbocycles. The number of nitrogens with zero attached hydrogens (tertiary/aromatic N) is 2. The van der Waals surface area contributed by atoms with E-state index in [2.05, 4.69) is 95.1 Å². The van der Waals surface area contributed by atoms with Crippen molar-refractivity contribution in [2.24, 2.45) is 5.92 Å². The normalized spacial score (nSPS) is 12.7. The van der Waals surface area contributed by atoms with Crippen molar-refractivity contribution in [1.82, 2.24) is 9.97 Å². The smallest absolute Gasteiger partial charge is 0.135 e. The predicted molar refractivity (Wildman–Crippen MR) is 150 cm³/mol. The van der Waals surface area contributed by atoms with Crippen molar-refractivity contribution in [3.05, 3.63) is 71.7 Å². The maximum absolute atomic E-state index is 6.26. The van der Waals surface area contributed by atoms with Crippen molar-refractivity contribution in [3.8, 4) is 11.3 Å². The molecule has 35 heavy (non-hydrogen) atoms. The molecule has 0 aliphatic heterocycles. The molecule has 6 aromatic rings. The van der Waals surface area contributed by atoms with Crippen molar-refractivity contribution in [1.29, 1.82) is 0 Å². The molecule has 0 unspecified atom stereocenters. The molecule has 0 atom stereocenters. The van der Waals surface area contributed by atoms with E-state index in [0.29, 0.717) is 5.92 Å². The molecular weight excluding hydrogens is 448 g/mol. The SMILES string of the molecule is Cc1oc2cc3c(cc2c1CC(C)C)sc1ncnc(-c2cc(C(C)(C)C)c4ccccc4c2)c13. The van der Waals surface area contributed by atoms with Crippen LogP contribution in [0.25, 0.3) is 53.3 Å². The first-order valence-electron chi connectivity index (χ1n) is 12.3. The lowest BCUT2D eigenvalue weighted by atomic mass is 9.82. The van der Waals surface area contributed by atoms with Gasteiger partial charge in [-0.2, -0.15) is 0 Å². The Hall–Kier alpha value is -3.24. The molecule has 4 heteroatoms. The van der Waals surface area contributed by atoms with Crippen LogP contribution in [0.15, 0.2) is 59.3 Å². The highest BCUT2D eigenvalue weighted by atomic mass is 32.1. The van der Waals surface area contributed by atoms with E-state index >= 15 is 0 Å². The summed E-state index contributed by atoms with van der Waals surface area (Å²) in [7, 11) is 0. The van der Waals surface area contributed by atoms with Crippen LogP contribution in [0.2, 0.25) is 0 Å². The van der Waals surface area contributed by atoms with E-state index in [0.717, 1.165) is 39.2 Å². The number of aryl methyl sites for hydroxylation is 1. The number of hydrogen-bond donors (Lipinski definition) is 0. The van der Waals surface area contributed by atoms with Crippen LogP contribution >= 0.6 is 11.3 Å². The first-order chi connectivity index (χ1) is 16.7. The monoisotopic (exact) mass is 478 g/mol. The second-order valence-electron chi connectivity index (χ2n) is 11.1. The number of fused-ring (bicyclic) bond motifs is 5. The molecular formula is C31H30N2OS. The van der Waals surface area contributed by atoms with Crippen molar-refractivity contribution in [2.45, 2.75) is 53.4 Å². The summed E-state index contributed by atoms with van der Waals surface area (Å²) in [5.74, 6) is 1.60. The Morgan fingerprint density at radius 1 is 0.943 bits per heavy atom. The molecule has 3 aromatic carbocycles. The zero-order valence-corrected chi connectivity index (χ0v) is 22.0. The number of hydrogen-bond acceptors (Lipinski definition) is 4. The maximum Gasteiger partial charge on any atom is 0.135 e. The molecule has 6 rings (SSSR count). The van der Waals surface area contributed by atoms with Gasteiger partial charge in [0.05, 0.1) is 5.69 Å². The highest BCUT2D eigenvalue weighted by Gasteiger charge is 2.22. The van der Waals surface area contributed by atoms with E-state index in [1.54, 1.807) is 17.7 Å². The summed E-state index contributed by atoms with van der Waals surface area (Å²) in [5.41, 5.74) is 5.75. The van der Waals surface area contributed by atoms with Crippen LogP contribution in [0.4, 0.5) is 0 Å². The van der Waals surface area contributed by atoms with Crippen molar-refractivity contribution in [2.75, 3.05) is 0 Å². The highest BCUT2D eigenvalue weighted by molar-refractivity contribution is 7.25. The standard InChI is InChI=1S/C31H30N2OS/c1-17(2)11-22-18(3)34-26-14-24-27(15-23(22)26)35-30-28(24)29(32-16-33-30)20-12-19-9-7-8-10-21(19)25(13-20)31(4,5)6/h7-10,12-17H,11H2,1-6H3. The largest absolute Gasteiger partial charge is 0.461 e. The van der Waals surface area contributed by atoms with Gasteiger partial charge in [-0.3, -0.25) is 0 Å². The van der Waals surface area contributed by atoms with E-state index in [-0.39, 0.29) is 5.41 Å². The Morgan fingerprint density at radius 2 is 1.74 bits per heavy atom. The minimum atomic E-state index is 0.0170. The lowest BCUT2D eigenvalue weighted by molar-refractivity contribution is 0.560. The second kappa shape index (κ2) is 7.89. The van der Waals surface area contributed by atoms with E-state index in [9.17, 15) is 0 Å². The Bertz CT molecular complexity index is 1750. The molecule has 0 spiro atoms. The van der Waals surface area contributed by atoms with Crippen LogP contribution in [-0.2, 0) is 11.8 Å². The average Bonchev–Trinajstić information content (AvgIpc) is 3.32. The number of benzene rings is 3. The number of rotatable bonds is 3. The molecule has 0 aliphatic rings. The van der Waals surface area contributed by atoms with E-state index in [1.165, 1.54) is 37.4 Å². The Labute approximate surface area is 209 Å². The molecule has 0 radical (unpaired) electrons. The Balaban J connectivity index is 1.65. The molecule has 176 valence electrons. The van der Waals surface area contributed by atoms with E-state index in [1.807, 2.05) is 0 Å². The molecule has 0 saturated heterocycles. The van der Waals surface area contributed by atoms with Gasteiger partial charge in [-0.25, -0.2) is 9.97 Å². The molecule has 0 amide bonds. The van der Waals surface area contributed by atoms with Crippen LogP contribution in [0, 0.1) is 12.8 Å². The zero-order valence-electron chi connectivity index (χ0n) is 21.2. The van der Waals surface area contributed by atoms with Gasteiger partial charge in [0.25, 0.3) is 0 Å². The van der Waals surface area contributed by atoms with Crippen LogP contribution < -0.4 is 0 Å². The summed E-state index contributed by atoms with van der Waals surface area (Å²) in [6.45, 7) is 13.4. The van der Waals surface area contributed by atoms with Gasteiger partial charge in [-0.05, 0) is 65.3 Å². The third-order valence-electron chi connectivity index (χ3n) is 6.94. The van der Waals surface area contributed by atoms with Crippen molar-refractivity contribution in [3.63, 3.8) is 0 Å². The third-order valence-corrected chi connectivity index (χ3v) is 8.00. The van der Waals surface area contributed by atoms with Gasteiger partial charge >= 0.3 is 0 Å². The third kappa shape index (κ3) is 3.63. The summed E-state index contributed by atoms with van der Waals surface area (Å²) >= 11 is 1.74. The summed E-state index contributed by atoms with van der Waals surface area (Å²) < 4.78 is 7.49. The molecule has 3 heterocycles. The van der Waals surface area contributed by atoms with E-state index in [4.69, 9.17) is 9.40 Å². The van der Waals surface area contributed by atoms with Crippen LogP contribution in [0.5, 0.6) is 0 Å². The molecule has 3 nitrogen and oxygen atoms in total.